The van der Waals surface area contributed by atoms with Gasteiger partial charge in [-0.1, -0.05) is 135 Å². The van der Waals surface area contributed by atoms with E-state index in [0.717, 1.165) is 24.0 Å². The van der Waals surface area contributed by atoms with Gasteiger partial charge >= 0.3 is 35.8 Å². The van der Waals surface area contributed by atoms with Crippen LogP contribution in [0, 0.1) is 59.2 Å². The van der Waals surface area contributed by atoms with Crippen molar-refractivity contribution in [3.63, 3.8) is 0 Å². The molecule has 13 rings (SSSR count). The molecule has 6 aliphatic carbocycles. The van der Waals surface area contributed by atoms with Crippen molar-refractivity contribution < 1.29 is 106 Å². The van der Waals surface area contributed by atoms with Crippen LogP contribution in [-0.4, -0.2) is 171 Å². The second-order valence-corrected chi connectivity index (χ2v) is 31.3. The zero-order valence-electron chi connectivity index (χ0n) is 58.5. The third-order valence-electron chi connectivity index (χ3n) is 21.7. The summed E-state index contributed by atoms with van der Waals surface area (Å²) in [6.45, 7) is 14.7. The van der Waals surface area contributed by atoms with Crippen LogP contribution in [-0.2, 0) is 76.4 Å². The van der Waals surface area contributed by atoms with E-state index in [1.807, 2.05) is 78.0 Å². The molecule has 556 valence electrons. The van der Waals surface area contributed by atoms with Gasteiger partial charge < -0.3 is 58.3 Å². The van der Waals surface area contributed by atoms with E-state index in [1.54, 1.807) is 80.6 Å². The van der Waals surface area contributed by atoms with Crippen LogP contribution < -0.4 is 0 Å². The SMILES string of the molecule is CO[C@H]1C[C@H]2C=C[C@H]3[C@H]4O[C@]2(/C(C)=C/[C@@H](C)[C@@H]([C@@H](C)O)OC1=O)[C@@H]3[C@H](O)[C@@H](C)[C@H]4OC(=O)C1=C(Br)C(Br)=C(Br)C1.CO[C@H]1C[C@H]2C=C[C@H]3[C@H]4O[C@]2(/C(C)=C/[C@@H](C)[C@@H]([C@@H](C)O)OC1=O)[C@@H]3[C@H](O)[C@@H](C)[C@H]4OC(=O)C1=CC=CC1.O=C(OOC(=O)c1ccccc1)c1ccccc1.O=C1CCC(=O)N1Br. The average Bonchev–Trinajstić information content (AvgIpc) is 1.55. The molecular formula is C76H87Br4NO22. The van der Waals surface area contributed by atoms with E-state index in [0.29, 0.717) is 52.4 Å². The van der Waals surface area contributed by atoms with E-state index in [-0.39, 0.29) is 83.9 Å². The minimum Gasteiger partial charge on any atom is -0.457 e. The number of rotatable bonds is 10. The van der Waals surface area contributed by atoms with Gasteiger partial charge in [-0.2, -0.15) is 0 Å². The molecule has 0 aromatic heterocycles. The Labute approximate surface area is 631 Å². The van der Waals surface area contributed by atoms with Gasteiger partial charge in [0.05, 0.1) is 57.3 Å². The Hall–Kier alpha value is -6.08. The molecule has 3 saturated heterocycles. The second kappa shape index (κ2) is 33.4. The number of esters is 4. The molecule has 103 heavy (non-hydrogen) atoms. The third kappa shape index (κ3) is 15.9. The minimum absolute atomic E-state index is 0.144. The summed E-state index contributed by atoms with van der Waals surface area (Å²) in [4.78, 5) is 105. The van der Waals surface area contributed by atoms with Crippen LogP contribution in [0.5, 0.6) is 0 Å². The smallest absolute Gasteiger partial charge is 0.386 e. The van der Waals surface area contributed by atoms with E-state index in [4.69, 9.17) is 37.9 Å². The normalized spacial score (nSPS) is 37.6. The predicted octanol–water partition coefficient (Wildman–Crippen LogP) is 10.5. The standard InChI is InChI=1S/C29H35Br3O8.C29H38O8.C14H10O4.C4H4BrNO2/c1-11-8-12(2)29-15(9-19(37-5)28(36)38-24(11)14(4)33)6-7-16-20(29)23(34)13(3)25(26(16)40-29)39-27(35)17-10-18(30)22(32)21(17)31;1-14-12-15(2)29-19(13-21(34-5)28(33)35-24(14)17(4)30)10-11-20-22(29)23(31)16(3)25(26(20)37-29)36-27(32)18-8-6-7-9-18;15-13(11-7-3-1-4-8-11)17-18-14(16)12-9-5-2-6-10-12;5-6-3(7)1-2-4(6)8/h6-8,11,13-16,19-20,23-26,33-34H,9-10H2,1-5H3;6-8,10-12,14,16-17,19-26,30-31H,9,13H2,1-5H3;1-10H;1-2H2/b12-8+;15-12+;;/t11-,13-,14-,15-,16-,19+,20+,23-,24+,25-,26-,29+;14-,16-,17-,19-,20-,21+,22+,23-,24+,25-,26-,29+;;/m11../s1. The largest absolute Gasteiger partial charge is 0.457 e. The summed E-state index contributed by atoms with van der Waals surface area (Å²) in [6.07, 6.45) is 10.9. The predicted molar refractivity (Wildman–Crippen MR) is 385 cm³/mol. The maximum Gasteiger partial charge on any atom is 0.386 e. The number of nitrogens with zero attached hydrogens (tertiary/aromatic N) is 1. The molecule has 24 atom stereocenters. The summed E-state index contributed by atoms with van der Waals surface area (Å²) >= 11 is 13.3. The van der Waals surface area contributed by atoms with Gasteiger partial charge in [0.15, 0.2) is 12.2 Å². The highest BCUT2D eigenvalue weighted by molar-refractivity contribution is 9.16. The molecule has 11 aliphatic rings. The summed E-state index contributed by atoms with van der Waals surface area (Å²) in [5, 5.41) is 44.4. The van der Waals surface area contributed by atoms with Crippen molar-refractivity contribution in [3.8, 4) is 0 Å². The van der Waals surface area contributed by atoms with Crippen molar-refractivity contribution in [1.29, 1.82) is 0 Å². The van der Waals surface area contributed by atoms with Gasteiger partial charge in [-0.15, -0.1) is 0 Å². The summed E-state index contributed by atoms with van der Waals surface area (Å²) < 4.78 is 51.9. The number of carbonyl (C=O) groups excluding carboxylic acids is 8. The van der Waals surface area contributed by atoms with Gasteiger partial charge in [-0.25, -0.2) is 42.5 Å². The first-order valence-electron chi connectivity index (χ1n) is 34.5. The number of aliphatic hydroxyl groups is 4. The zero-order valence-corrected chi connectivity index (χ0v) is 64.9. The molecule has 4 N–H and O–H groups in total. The molecule has 0 unspecified atom stereocenters. The Kier molecular flexibility index (Phi) is 25.8. The third-order valence-corrected chi connectivity index (χ3v) is 26.0. The summed E-state index contributed by atoms with van der Waals surface area (Å²) in [6, 6.07) is 16.6. The van der Waals surface area contributed by atoms with Gasteiger partial charge in [0.1, 0.15) is 47.8 Å². The Morgan fingerprint density at radius 1 is 0.602 bits per heavy atom. The van der Waals surface area contributed by atoms with E-state index in [1.165, 1.54) is 14.2 Å². The van der Waals surface area contributed by atoms with E-state index >= 15 is 0 Å². The lowest BCUT2D eigenvalue weighted by atomic mass is 9.57. The van der Waals surface area contributed by atoms with Crippen molar-refractivity contribution >= 4 is 112 Å². The maximum atomic E-state index is 13.4. The fourth-order valence-corrected chi connectivity index (χ4v) is 18.6. The first-order chi connectivity index (χ1) is 48.9. The number of amides is 2. The van der Waals surface area contributed by atoms with E-state index < -0.39 is 120 Å². The van der Waals surface area contributed by atoms with Crippen molar-refractivity contribution in [2.75, 3.05) is 14.2 Å². The highest BCUT2D eigenvalue weighted by atomic mass is 79.9. The van der Waals surface area contributed by atoms with Gasteiger partial charge in [0.2, 0.25) is 11.8 Å². The first kappa shape index (κ1) is 79.5. The zero-order chi connectivity index (χ0) is 74.8. The van der Waals surface area contributed by atoms with E-state index in [2.05, 4.69) is 85.9 Å². The topological polar surface area (TPSA) is 313 Å². The van der Waals surface area contributed by atoms with Gasteiger partial charge in [-0.05, 0) is 114 Å². The van der Waals surface area contributed by atoms with Crippen molar-refractivity contribution in [3.05, 3.63) is 162 Å². The number of hydrogen-bond acceptors (Lipinski definition) is 22. The minimum atomic E-state index is -0.953. The van der Waals surface area contributed by atoms with Crippen molar-refractivity contribution in [2.45, 2.75) is 178 Å². The van der Waals surface area contributed by atoms with Crippen LogP contribution in [0.2, 0.25) is 0 Å². The molecule has 5 heterocycles. The maximum absolute atomic E-state index is 13.4. The van der Waals surface area contributed by atoms with Crippen LogP contribution in [0.4, 0.5) is 0 Å². The van der Waals surface area contributed by atoms with Gasteiger partial charge in [-0.3, -0.25) is 9.59 Å². The van der Waals surface area contributed by atoms with Gasteiger partial charge in [0.25, 0.3) is 0 Å². The monoisotopic (exact) mass is 1680 g/mol. The van der Waals surface area contributed by atoms with Crippen LogP contribution in [0.15, 0.2) is 151 Å². The average molecular weight is 1690 g/mol. The molecule has 2 aromatic carbocycles. The first-order valence-corrected chi connectivity index (χ1v) is 37.5. The quantitative estimate of drug-likeness (QED) is 0.0327. The lowest BCUT2D eigenvalue weighted by Gasteiger charge is -2.48. The molecule has 5 aliphatic heterocycles. The molecule has 5 fully saturated rings. The fourth-order valence-electron chi connectivity index (χ4n) is 16.6. The molecule has 23 nitrogen and oxygen atoms in total. The number of aliphatic hydroxyl groups excluding tert-OH is 4. The molecular weight excluding hydrogens is 1600 g/mol. The number of cyclic esters (lactones) is 2. The molecule has 8 bridgehead atoms. The Morgan fingerprint density at radius 2 is 1.02 bits per heavy atom. The number of carbonyl (C=O) groups is 8. The molecule has 2 amide bonds. The number of halogens is 4. The van der Waals surface area contributed by atoms with Crippen LogP contribution in [0.1, 0.15) is 115 Å². The highest BCUT2D eigenvalue weighted by Crippen LogP contribution is 2.63. The number of ether oxygens (including phenoxy) is 8. The number of allylic oxidation sites excluding steroid dienone is 6. The molecule has 0 radical (unpaired) electrons. The second-order valence-electron chi connectivity index (χ2n) is 28.1. The molecule has 2 saturated carbocycles. The Bertz CT molecular complexity index is 3760. The summed E-state index contributed by atoms with van der Waals surface area (Å²) in [5.74, 6) is -6.53. The molecule has 2 spiro atoms. The van der Waals surface area contributed by atoms with Crippen LogP contribution >= 0.6 is 63.9 Å². The lowest BCUT2D eigenvalue weighted by Crippen LogP contribution is -2.57. The number of benzene rings is 2. The molecule has 27 heteroatoms. The number of imide groups is 1. The van der Waals surface area contributed by atoms with Crippen LogP contribution in [0.25, 0.3) is 0 Å². The Balaban J connectivity index is 0.000000166. The van der Waals surface area contributed by atoms with Crippen molar-refractivity contribution in [1.82, 2.24) is 3.93 Å². The van der Waals surface area contributed by atoms with E-state index in [9.17, 15) is 58.8 Å². The highest BCUT2D eigenvalue weighted by Gasteiger charge is 2.71. The summed E-state index contributed by atoms with van der Waals surface area (Å²) in [5.41, 5.74) is 1.64. The van der Waals surface area contributed by atoms with Gasteiger partial charge in [0, 0.05) is 112 Å². The number of hydrogen-bond donors (Lipinski definition) is 4. The number of methoxy groups -OCH3 is 2. The van der Waals surface area contributed by atoms with Crippen molar-refractivity contribution in [2.24, 2.45) is 59.2 Å². The van der Waals surface area contributed by atoms with Crippen LogP contribution in [0.3, 0.4) is 0 Å². The Morgan fingerprint density at radius 3 is 1.37 bits per heavy atom. The molecule has 2 aromatic rings. The summed E-state index contributed by atoms with van der Waals surface area (Å²) in [7, 11) is 2.93. The lowest BCUT2D eigenvalue weighted by molar-refractivity contribution is -0.187. The fraction of sp³-hybridized carbons (Fsp3) is 0.526.